The van der Waals surface area contributed by atoms with Gasteiger partial charge in [0.2, 0.25) is 5.91 Å². The highest BCUT2D eigenvalue weighted by Crippen LogP contribution is 2.27. The van der Waals surface area contributed by atoms with E-state index in [0.717, 1.165) is 12.8 Å². The van der Waals surface area contributed by atoms with E-state index in [1.807, 2.05) is 0 Å². The van der Waals surface area contributed by atoms with Crippen LogP contribution < -0.4 is 4.74 Å². The Morgan fingerprint density at radius 2 is 1.96 bits per heavy atom. The van der Waals surface area contributed by atoms with Gasteiger partial charge >= 0.3 is 12.3 Å². The number of aryl methyl sites for hydroxylation is 1. The lowest BCUT2D eigenvalue weighted by atomic mass is 9.93. The van der Waals surface area contributed by atoms with Crippen molar-refractivity contribution in [3.63, 3.8) is 0 Å². The number of benzene rings is 1. The fraction of sp³-hybridized carbons (Fsp3) is 0.556. The molecule has 0 radical (unpaired) electrons. The molecule has 1 aromatic carbocycles. The molecule has 0 saturated carbocycles. The smallest absolute Gasteiger partial charge is 0.481 e. The average molecular weight is 373 g/mol. The van der Waals surface area contributed by atoms with E-state index in [-0.39, 0.29) is 36.8 Å². The lowest BCUT2D eigenvalue weighted by molar-refractivity contribution is -0.274. The summed E-state index contributed by atoms with van der Waals surface area (Å²) in [4.78, 5) is 24.8. The number of ether oxygens (including phenoxy) is 1. The van der Waals surface area contributed by atoms with Crippen LogP contribution in [-0.4, -0.2) is 41.3 Å². The van der Waals surface area contributed by atoms with E-state index in [1.54, 1.807) is 11.0 Å². The number of halogens is 3. The molecule has 1 fully saturated rings. The number of para-hydroxylation sites is 1. The molecule has 1 atom stereocenters. The Balaban J connectivity index is 1.89. The van der Waals surface area contributed by atoms with E-state index in [1.165, 1.54) is 18.2 Å². The summed E-state index contributed by atoms with van der Waals surface area (Å²) in [5.74, 6) is -1.11. The number of nitrogens with zero attached hydrogens (tertiary/aromatic N) is 1. The second-order valence-corrected chi connectivity index (χ2v) is 6.44. The molecule has 1 amide bonds. The van der Waals surface area contributed by atoms with E-state index in [4.69, 9.17) is 5.11 Å². The normalized spacial score (nSPS) is 17.8. The molecule has 1 N–H and O–H groups in total. The number of likely N-dealkylation sites (tertiary alicyclic amines) is 1. The summed E-state index contributed by atoms with van der Waals surface area (Å²) >= 11 is 0. The molecule has 0 spiro atoms. The predicted octanol–water partition coefficient (Wildman–Crippen LogP) is 3.62. The number of carboxylic acids is 1. The van der Waals surface area contributed by atoms with E-state index in [2.05, 4.69) is 4.74 Å². The minimum atomic E-state index is -4.77. The minimum absolute atomic E-state index is 0.0782. The molecule has 1 saturated heterocycles. The van der Waals surface area contributed by atoms with Gasteiger partial charge in [0.05, 0.1) is 0 Å². The number of carbonyl (C=O) groups excluding carboxylic acids is 1. The molecule has 26 heavy (non-hydrogen) atoms. The Morgan fingerprint density at radius 1 is 1.23 bits per heavy atom. The topological polar surface area (TPSA) is 66.8 Å². The van der Waals surface area contributed by atoms with Crippen LogP contribution in [0.1, 0.15) is 37.7 Å². The van der Waals surface area contributed by atoms with Crippen LogP contribution in [0.2, 0.25) is 0 Å². The number of piperidine rings is 1. The van der Waals surface area contributed by atoms with Crippen LogP contribution in [0.4, 0.5) is 13.2 Å². The summed E-state index contributed by atoms with van der Waals surface area (Å²) in [5.41, 5.74) is 0.331. The van der Waals surface area contributed by atoms with Crippen molar-refractivity contribution < 1.29 is 32.6 Å². The van der Waals surface area contributed by atoms with Gasteiger partial charge in [-0.05, 0) is 43.2 Å². The Hall–Kier alpha value is -2.25. The van der Waals surface area contributed by atoms with E-state index in [9.17, 15) is 22.8 Å². The van der Waals surface area contributed by atoms with Crippen molar-refractivity contribution >= 4 is 11.9 Å². The molecular weight excluding hydrogens is 351 g/mol. The molecular formula is C18H22F3NO4. The van der Waals surface area contributed by atoms with Gasteiger partial charge in [-0.3, -0.25) is 9.59 Å². The quantitative estimate of drug-likeness (QED) is 0.793. The maximum absolute atomic E-state index is 12.4. The summed E-state index contributed by atoms with van der Waals surface area (Å²) < 4.78 is 41.3. The lowest BCUT2D eigenvalue weighted by Crippen LogP contribution is -2.40. The minimum Gasteiger partial charge on any atom is -0.481 e. The molecule has 0 bridgehead atoms. The second kappa shape index (κ2) is 8.91. The summed E-state index contributed by atoms with van der Waals surface area (Å²) in [6, 6.07) is 5.80. The number of carboxylic acid groups (broad SMARTS) is 1. The Bertz CT molecular complexity index is 633. The van der Waals surface area contributed by atoms with Crippen molar-refractivity contribution in [2.75, 3.05) is 13.1 Å². The van der Waals surface area contributed by atoms with Gasteiger partial charge < -0.3 is 14.7 Å². The number of hydrogen-bond acceptors (Lipinski definition) is 3. The first kappa shape index (κ1) is 20.1. The summed E-state index contributed by atoms with van der Waals surface area (Å²) in [6.45, 7) is 1.11. The Kier molecular flexibility index (Phi) is 6.88. The molecule has 8 heteroatoms. The van der Waals surface area contributed by atoms with Gasteiger partial charge in [-0.25, -0.2) is 0 Å². The predicted molar refractivity (Wildman–Crippen MR) is 87.6 cm³/mol. The van der Waals surface area contributed by atoms with Gasteiger partial charge in [-0.1, -0.05) is 18.2 Å². The van der Waals surface area contributed by atoms with Gasteiger partial charge in [-0.15, -0.1) is 13.2 Å². The highest BCUT2D eigenvalue weighted by atomic mass is 19.4. The third kappa shape index (κ3) is 6.57. The number of alkyl halides is 3. The Morgan fingerprint density at radius 3 is 2.65 bits per heavy atom. The van der Waals surface area contributed by atoms with Gasteiger partial charge in [-0.2, -0.15) is 0 Å². The number of carbonyl (C=O) groups is 2. The van der Waals surface area contributed by atoms with E-state index in [0.29, 0.717) is 25.1 Å². The van der Waals surface area contributed by atoms with Crippen LogP contribution in [0.3, 0.4) is 0 Å². The monoisotopic (exact) mass is 373 g/mol. The number of aliphatic carboxylic acids is 1. The summed E-state index contributed by atoms with van der Waals surface area (Å²) in [7, 11) is 0. The highest BCUT2D eigenvalue weighted by molar-refractivity contribution is 5.76. The van der Waals surface area contributed by atoms with Gasteiger partial charge in [0.25, 0.3) is 0 Å². The van der Waals surface area contributed by atoms with Crippen molar-refractivity contribution in [2.45, 2.75) is 44.9 Å². The van der Waals surface area contributed by atoms with Crippen molar-refractivity contribution in [3.8, 4) is 5.75 Å². The van der Waals surface area contributed by atoms with Crippen molar-refractivity contribution in [1.82, 2.24) is 4.90 Å². The zero-order valence-corrected chi connectivity index (χ0v) is 14.3. The SMILES string of the molecule is O=C(O)CC[C@H]1CCCN(C(=O)CCc2ccccc2OC(F)(F)F)C1. The van der Waals surface area contributed by atoms with E-state index >= 15 is 0 Å². The molecule has 0 aromatic heterocycles. The van der Waals surface area contributed by atoms with Gasteiger partial charge in [0.15, 0.2) is 0 Å². The largest absolute Gasteiger partial charge is 0.573 e. The molecule has 0 aliphatic carbocycles. The third-order valence-electron chi connectivity index (χ3n) is 4.44. The molecule has 2 rings (SSSR count). The standard InChI is InChI=1S/C18H22F3NO4/c19-18(20,21)26-15-6-2-1-5-14(15)8-9-16(23)22-11-3-4-13(12-22)7-10-17(24)25/h1-2,5-6,13H,3-4,7-12H2,(H,24,25)/t13-/m1/s1. The first-order chi connectivity index (χ1) is 12.2. The Labute approximate surface area is 149 Å². The van der Waals surface area contributed by atoms with Crippen molar-refractivity contribution in [1.29, 1.82) is 0 Å². The number of hydrogen-bond donors (Lipinski definition) is 1. The maximum atomic E-state index is 12.4. The molecule has 1 aliphatic rings. The van der Waals surface area contributed by atoms with Crippen molar-refractivity contribution in [3.05, 3.63) is 29.8 Å². The number of amides is 1. The summed E-state index contributed by atoms with van der Waals surface area (Å²) in [6.07, 6.45) is -2.23. The third-order valence-corrected chi connectivity index (χ3v) is 4.44. The van der Waals surface area contributed by atoms with Gasteiger partial charge in [0.1, 0.15) is 5.75 Å². The highest BCUT2D eigenvalue weighted by Gasteiger charge is 2.32. The zero-order valence-electron chi connectivity index (χ0n) is 14.3. The average Bonchev–Trinajstić information content (AvgIpc) is 2.58. The van der Waals surface area contributed by atoms with Crippen molar-refractivity contribution in [2.24, 2.45) is 5.92 Å². The fourth-order valence-corrected chi connectivity index (χ4v) is 3.19. The van der Waals surface area contributed by atoms with Gasteiger partial charge in [0, 0.05) is 25.9 Å². The van der Waals surface area contributed by atoms with E-state index < -0.39 is 12.3 Å². The fourth-order valence-electron chi connectivity index (χ4n) is 3.19. The first-order valence-electron chi connectivity index (χ1n) is 8.58. The maximum Gasteiger partial charge on any atom is 0.573 e. The molecule has 1 aromatic rings. The molecule has 0 unspecified atom stereocenters. The van der Waals surface area contributed by atoms with Crippen LogP contribution in [0.25, 0.3) is 0 Å². The lowest BCUT2D eigenvalue weighted by Gasteiger charge is -2.32. The summed E-state index contributed by atoms with van der Waals surface area (Å²) in [5, 5.41) is 8.76. The van der Waals surface area contributed by atoms with Crippen LogP contribution in [0.15, 0.2) is 24.3 Å². The first-order valence-corrected chi connectivity index (χ1v) is 8.58. The van der Waals surface area contributed by atoms with Crippen LogP contribution in [0, 0.1) is 5.92 Å². The second-order valence-electron chi connectivity index (χ2n) is 6.44. The number of rotatable bonds is 7. The van der Waals surface area contributed by atoms with Crippen LogP contribution in [0.5, 0.6) is 5.75 Å². The van der Waals surface area contributed by atoms with Crippen LogP contribution in [-0.2, 0) is 16.0 Å². The van der Waals surface area contributed by atoms with Crippen LogP contribution >= 0.6 is 0 Å². The molecule has 1 heterocycles. The molecule has 144 valence electrons. The molecule has 1 aliphatic heterocycles. The zero-order chi connectivity index (χ0) is 19.2. The molecule has 5 nitrogen and oxygen atoms in total.